The van der Waals surface area contributed by atoms with Crippen molar-refractivity contribution in [3.05, 3.63) is 12.1 Å². The first-order chi connectivity index (χ1) is 9.76. The zero-order valence-corrected chi connectivity index (χ0v) is 13.0. The van der Waals surface area contributed by atoms with Gasteiger partial charge in [0.25, 0.3) is 0 Å². The number of rotatable bonds is 1. The van der Waals surface area contributed by atoms with Crippen LogP contribution >= 0.6 is 0 Å². The maximum atomic E-state index is 12.2. The van der Waals surface area contributed by atoms with Gasteiger partial charge in [-0.3, -0.25) is 0 Å². The highest BCUT2D eigenvalue weighted by atomic mass is 16.6. The number of piperazine rings is 1. The molecule has 1 atom stereocenters. The number of carbonyl (C=O) groups excluding carboxylic acids is 1. The number of anilines is 2. The fourth-order valence-electron chi connectivity index (χ4n) is 2.26. The maximum Gasteiger partial charge on any atom is 0.410 e. The molecule has 0 aliphatic carbocycles. The average Bonchev–Trinajstić information content (AvgIpc) is 2.37. The highest BCUT2D eigenvalue weighted by Crippen LogP contribution is 2.19. The molecule has 1 saturated heterocycles. The van der Waals surface area contributed by atoms with Gasteiger partial charge in [0.05, 0.1) is 0 Å². The summed E-state index contributed by atoms with van der Waals surface area (Å²) in [5, 5.41) is 7.94. The number of nitrogens with two attached hydrogens (primary N) is 1. The van der Waals surface area contributed by atoms with Crippen LogP contribution in [0, 0.1) is 0 Å². The van der Waals surface area contributed by atoms with Crippen molar-refractivity contribution in [2.75, 3.05) is 30.3 Å². The lowest BCUT2D eigenvalue weighted by atomic mass is 10.2. The Hall–Kier alpha value is -2.05. The van der Waals surface area contributed by atoms with Crippen molar-refractivity contribution in [3.8, 4) is 0 Å². The molecule has 116 valence electrons. The molecule has 21 heavy (non-hydrogen) atoms. The van der Waals surface area contributed by atoms with Crippen molar-refractivity contribution in [1.82, 2.24) is 15.1 Å². The Morgan fingerprint density at radius 3 is 2.57 bits per heavy atom. The van der Waals surface area contributed by atoms with Crippen LogP contribution in [0.5, 0.6) is 0 Å². The van der Waals surface area contributed by atoms with Crippen LogP contribution in [0.25, 0.3) is 0 Å². The summed E-state index contributed by atoms with van der Waals surface area (Å²) in [6.45, 7) is 9.60. The second-order valence-electron chi connectivity index (χ2n) is 6.29. The van der Waals surface area contributed by atoms with Crippen LogP contribution in [-0.4, -0.2) is 52.5 Å². The van der Waals surface area contributed by atoms with Gasteiger partial charge in [-0.15, -0.1) is 10.2 Å². The molecule has 7 heteroatoms. The molecule has 2 rings (SSSR count). The predicted molar refractivity (Wildman–Crippen MR) is 81.1 cm³/mol. The van der Waals surface area contributed by atoms with E-state index in [9.17, 15) is 4.79 Å². The second-order valence-corrected chi connectivity index (χ2v) is 6.29. The van der Waals surface area contributed by atoms with Crippen LogP contribution < -0.4 is 10.6 Å². The Morgan fingerprint density at radius 2 is 2.05 bits per heavy atom. The predicted octanol–water partition coefficient (Wildman–Crippen LogP) is 1.50. The van der Waals surface area contributed by atoms with Gasteiger partial charge >= 0.3 is 6.09 Å². The molecule has 1 aliphatic rings. The molecule has 0 bridgehead atoms. The fraction of sp³-hybridized carbons (Fsp3) is 0.643. The summed E-state index contributed by atoms with van der Waals surface area (Å²) in [4.78, 5) is 16.0. The van der Waals surface area contributed by atoms with E-state index in [2.05, 4.69) is 15.1 Å². The quantitative estimate of drug-likeness (QED) is 0.844. The van der Waals surface area contributed by atoms with E-state index >= 15 is 0 Å². The molecule has 0 unspecified atom stereocenters. The Kier molecular flexibility index (Phi) is 4.20. The van der Waals surface area contributed by atoms with Gasteiger partial charge < -0.3 is 20.3 Å². The third kappa shape index (κ3) is 3.96. The molecule has 0 aromatic carbocycles. The normalized spacial score (nSPS) is 19.5. The lowest BCUT2D eigenvalue weighted by Gasteiger charge is -2.40. The number of hydrogen-bond acceptors (Lipinski definition) is 6. The van der Waals surface area contributed by atoms with Gasteiger partial charge in [0.2, 0.25) is 0 Å². The van der Waals surface area contributed by atoms with E-state index in [0.29, 0.717) is 25.5 Å². The van der Waals surface area contributed by atoms with Gasteiger partial charge in [-0.05, 0) is 39.8 Å². The van der Waals surface area contributed by atoms with Gasteiger partial charge in [0.1, 0.15) is 11.4 Å². The van der Waals surface area contributed by atoms with Gasteiger partial charge in [-0.2, -0.15) is 0 Å². The number of carbonyl (C=O) groups is 1. The molecule has 0 saturated carbocycles. The summed E-state index contributed by atoms with van der Waals surface area (Å²) >= 11 is 0. The highest BCUT2D eigenvalue weighted by molar-refractivity contribution is 5.69. The minimum absolute atomic E-state index is 0.0490. The van der Waals surface area contributed by atoms with Crippen molar-refractivity contribution in [1.29, 1.82) is 0 Å². The van der Waals surface area contributed by atoms with Crippen LogP contribution in [0.15, 0.2) is 12.1 Å². The van der Waals surface area contributed by atoms with Gasteiger partial charge in [0.15, 0.2) is 5.82 Å². The Bertz CT molecular complexity index is 497. The Balaban J connectivity index is 1.99. The molecular formula is C14H23N5O2. The zero-order valence-electron chi connectivity index (χ0n) is 13.0. The molecular weight excluding hydrogens is 270 g/mol. The smallest absolute Gasteiger partial charge is 0.410 e. The summed E-state index contributed by atoms with van der Waals surface area (Å²) in [6.07, 6.45) is -0.266. The van der Waals surface area contributed by atoms with Gasteiger partial charge in [0, 0.05) is 25.7 Å². The molecule has 0 radical (unpaired) electrons. The van der Waals surface area contributed by atoms with Crippen LogP contribution in [0.4, 0.5) is 16.4 Å². The maximum absolute atomic E-state index is 12.2. The first kappa shape index (κ1) is 15.3. The van der Waals surface area contributed by atoms with Crippen molar-refractivity contribution in [2.45, 2.75) is 39.3 Å². The van der Waals surface area contributed by atoms with Gasteiger partial charge in [-0.25, -0.2) is 4.79 Å². The van der Waals surface area contributed by atoms with E-state index in [-0.39, 0.29) is 12.1 Å². The molecule has 1 amide bonds. The van der Waals surface area contributed by atoms with Crippen LogP contribution in [0.3, 0.4) is 0 Å². The third-order valence-electron chi connectivity index (χ3n) is 3.25. The molecule has 1 aromatic heterocycles. The summed E-state index contributed by atoms with van der Waals surface area (Å²) < 4.78 is 5.43. The lowest BCUT2D eigenvalue weighted by molar-refractivity contribution is 0.0158. The molecule has 1 fully saturated rings. The van der Waals surface area contributed by atoms with E-state index in [4.69, 9.17) is 10.5 Å². The summed E-state index contributed by atoms with van der Waals surface area (Å²) in [7, 11) is 0. The SMILES string of the molecule is C[C@H]1CN(c2ccc(N)nn2)CCN1C(=O)OC(C)(C)C. The van der Waals surface area contributed by atoms with Crippen molar-refractivity contribution in [2.24, 2.45) is 0 Å². The third-order valence-corrected chi connectivity index (χ3v) is 3.25. The topological polar surface area (TPSA) is 84.6 Å². The van der Waals surface area contributed by atoms with Crippen LogP contribution in [0.1, 0.15) is 27.7 Å². The largest absolute Gasteiger partial charge is 0.444 e. The van der Waals surface area contributed by atoms with Crippen molar-refractivity contribution >= 4 is 17.7 Å². The Labute approximate surface area is 125 Å². The van der Waals surface area contributed by atoms with E-state index in [1.165, 1.54) is 0 Å². The standard InChI is InChI=1S/C14H23N5O2/c1-10-9-18(12-6-5-11(15)16-17-12)7-8-19(10)13(20)21-14(2,3)4/h5-6,10H,7-9H2,1-4H3,(H2,15,16)/t10-/m0/s1. The van der Waals surface area contributed by atoms with Gasteiger partial charge in [-0.1, -0.05) is 0 Å². The molecule has 2 N–H and O–H groups in total. The number of amides is 1. The lowest BCUT2D eigenvalue weighted by Crippen LogP contribution is -2.55. The summed E-state index contributed by atoms with van der Waals surface area (Å²) in [5.41, 5.74) is 5.07. The Morgan fingerprint density at radius 1 is 1.33 bits per heavy atom. The number of aromatic nitrogens is 2. The number of nitrogen functional groups attached to an aromatic ring is 1. The fourth-order valence-corrected chi connectivity index (χ4v) is 2.26. The molecule has 0 spiro atoms. The average molecular weight is 293 g/mol. The zero-order chi connectivity index (χ0) is 15.6. The molecule has 1 aromatic rings. The number of hydrogen-bond donors (Lipinski definition) is 1. The first-order valence-electron chi connectivity index (χ1n) is 7.10. The van der Waals surface area contributed by atoms with Crippen molar-refractivity contribution < 1.29 is 9.53 Å². The molecule has 7 nitrogen and oxygen atoms in total. The van der Waals surface area contributed by atoms with E-state index < -0.39 is 5.60 Å². The summed E-state index contributed by atoms with van der Waals surface area (Å²) in [6, 6.07) is 3.62. The number of nitrogens with zero attached hydrogens (tertiary/aromatic N) is 4. The van der Waals surface area contributed by atoms with E-state index in [1.54, 1.807) is 11.0 Å². The number of ether oxygens (including phenoxy) is 1. The molecule has 1 aliphatic heterocycles. The van der Waals surface area contributed by atoms with Crippen LogP contribution in [0.2, 0.25) is 0 Å². The highest BCUT2D eigenvalue weighted by Gasteiger charge is 2.31. The summed E-state index contributed by atoms with van der Waals surface area (Å²) in [5.74, 6) is 1.18. The van der Waals surface area contributed by atoms with E-state index in [0.717, 1.165) is 5.82 Å². The van der Waals surface area contributed by atoms with Crippen molar-refractivity contribution in [3.63, 3.8) is 0 Å². The minimum atomic E-state index is -0.476. The van der Waals surface area contributed by atoms with E-state index in [1.807, 2.05) is 33.8 Å². The first-order valence-corrected chi connectivity index (χ1v) is 7.10. The molecule has 2 heterocycles. The minimum Gasteiger partial charge on any atom is -0.444 e. The van der Waals surface area contributed by atoms with Crippen LogP contribution in [-0.2, 0) is 4.74 Å². The monoisotopic (exact) mass is 293 g/mol. The second kappa shape index (κ2) is 5.75.